The molecule has 0 spiro atoms. The first-order valence-electron chi connectivity index (χ1n) is 9.06. The first-order valence-corrected chi connectivity index (χ1v) is 9.06. The van der Waals surface area contributed by atoms with Gasteiger partial charge in [0, 0.05) is 32.3 Å². The summed E-state index contributed by atoms with van der Waals surface area (Å²) in [5.74, 6) is 0.410. The van der Waals surface area contributed by atoms with Crippen LogP contribution in [0.1, 0.15) is 24.2 Å². The van der Waals surface area contributed by atoms with E-state index in [1.54, 1.807) is 31.3 Å². The van der Waals surface area contributed by atoms with Crippen molar-refractivity contribution in [1.29, 1.82) is 0 Å². The van der Waals surface area contributed by atoms with Crippen molar-refractivity contribution >= 4 is 35.6 Å². The lowest BCUT2D eigenvalue weighted by Gasteiger charge is -2.38. The molecule has 1 saturated heterocycles. The van der Waals surface area contributed by atoms with Gasteiger partial charge in [0.2, 0.25) is 0 Å². The highest BCUT2D eigenvalue weighted by molar-refractivity contribution is 14.0. The molecule has 0 saturated carbocycles. The molecule has 1 aliphatic heterocycles. The average Bonchev–Trinajstić information content (AvgIpc) is 2.69. The fourth-order valence-corrected chi connectivity index (χ4v) is 3.28. The number of rotatable bonds is 4. The lowest BCUT2D eigenvalue weighted by atomic mass is 10.1. The molecule has 7 nitrogen and oxygen atoms in total. The Bertz CT molecular complexity index is 863. The Morgan fingerprint density at radius 1 is 1.31 bits per heavy atom. The number of guanidine groups is 1. The number of halogens is 2. The molecule has 0 aliphatic carbocycles. The quantitative estimate of drug-likeness (QED) is 0.220. The van der Waals surface area contributed by atoms with Gasteiger partial charge in [-0.2, -0.15) is 0 Å². The number of benzene rings is 2. The molecule has 3 rings (SSSR count). The molecule has 1 N–H and O–H groups in total. The first-order chi connectivity index (χ1) is 13.5. The van der Waals surface area contributed by atoms with E-state index < -0.39 is 4.92 Å². The fourth-order valence-electron chi connectivity index (χ4n) is 3.28. The van der Waals surface area contributed by atoms with Gasteiger partial charge >= 0.3 is 0 Å². The van der Waals surface area contributed by atoms with Gasteiger partial charge in [0.25, 0.3) is 5.69 Å². The predicted octanol–water partition coefficient (Wildman–Crippen LogP) is 3.89. The molecule has 156 valence electrons. The van der Waals surface area contributed by atoms with Crippen LogP contribution in [-0.4, -0.2) is 42.0 Å². The van der Waals surface area contributed by atoms with Gasteiger partial charge in [-0.3, -0.25) is 15.1 Å². The van der Waals surface area contributed by atoms with Gasteiger partial charge in [-0.05, 0) is 30.2 Å². The van der Waals surface area contributed by atoms with Crippen molar-refractivity contribution in [3.8, 4) is 0 Å². The van der Waals surface area contributed by atoms with Gasteiger partial charge in [0.1, 0.15) is 11.9 Å². The van der Waals surface area contributed by atoms with E-state index in [4.69, 9.17) is 4.74 Å². The fraction of sp³-hybridized carbons (Fsp3) is 0.350. The molecule has 1 aliphatic rings. The minimum absolute atomic E-state index is 0. The largest absolute Gasteiger partial charge is 0.367 e. The van der Waals surface area contributed by atoms with Crippen molar-refractivity contribution in [2.75, 3.05) is 20.1 Å². The highest BCUT2D eigenvalue weighted by Crippen LogP contribution is 2.25. The van der Waals surface area contributed by atoms with Gasteiger partial charge in [0.05, 0.1) is 17.6 Å². The third kappa shape index (κ3) is 6.10. The molecule has 1 fully saturated rings. The highest BCUT2D eigenvalue weighted by atomic mass is 127. The van der Waals surface area contributed by atoms with Crippen LogP contribution in [0.5, 0.6) is 0 Å². The Balaban J connectivity index is 0.00000300. The zero-order chi connectivity index (χ0) is 20.1. The second-order valence-corrected chi connectivity index (χ2v) is 6.72. The number of non-ortho nitro benzene ring substituents is 1. The summed E-state index contributed by atoms with van der Waals surface area (Å²) in [5, 5.41) is 14.2. The number of ether oxygens (including phenoxy) is 1. The summed E-state index contributed by atoms with van der Waals surface area (Å²) in [6.45, 7) is 3.63. The summed E-state index contributed by atoms with van der Waals surface area (Å²) >= 11 is 0. The number of hydrogen-bond acceptors (Lipinski definition) is 4. The Hall–Kier alpha value is -2.27. The molecular formula is C20H24FIN4O3. The third-order valence-electron chi connectivity index (χ3n) is 4.59. The van der Waals surface area contributed by atoms with E-state index in [0.29, 0.717) is 25.6 Å². The standard InChI is InChI=1S/C20H23FN4O3.HI/c1-14-12-24(13-19(28-14)16-6-8-17(21)9-7-16)20(22-2)23-11-15-4-3-5-18(10-15)25(26)27;/h3-10,14,19H,11-13H2,1-2H3,(H,22,23);1H. The molecule has 0 amide bonds. The van der Waals surface area contributed by atoms with Crippen LogP contribution < -0.4 is 5.32 Å². The van der Waals surface area contributed by atoms with Crippen LogP contribution in [0.25, 0.3) is 0 Å². The van der Waals surface area contributed by atoms with E-state index >= 15 is 0 Å². The molecule has 0 radical (unpaired) electrons. The van der Waals surface area contributed by atoms with E-state index in [1.807, 2.05) is 13.0 Å². The SMILES string of the molecule is CN=C(NCc1cccc([N+](=O)[O-])c1)N1CC(C)OC(c2ccc(F)cc2)C1.I. The van der Waals surface area contributed by atoms with Crippen molar-refractivity contribution in [3.63, 3.8) is 0 Å². The lowest BCUT2D eigenvalue weighted by molar-refractivity contribution is -0.384. The molecular weight excluding hydrogens is 490 g/mol. The lowest BCUT2D eigenvalue weighted by Crippen LogP contribution is -2.50. The van der Waals surface area contributed by atoms with E-state index in [9.17, 15) is 14.5 Å². The van der Waals surface area contributed by atoms with Gasteiger partial charge in [0.15, 0.2) is 5.96 Å². The van der Waals surface area contributed by atoms with Crippen LogP contribution >= 0.6 is 24.0 Å². The molecule has 0 bridgehead atoms. The molecule has 1 heterocycles. The first kappa shape index (κ1) is 23.0. The molecule has 2 aromatic rings. The molecule has 9 heteroatoms. The minimum atomic E-state index is -0.407. The zero-order valence-electron chi connectivity index (χ0n) is 16.2. The summed E-state index contributed by atoms with van der Waals surface area (Å²) in [5.41, 5.74) is 1.77. The maximum Gasteiger partial charge on any atom is 0.269 e. The average molecular weight is 514 g/mol. The number of nitrogens with zero attached hydrogens (tertiary/aromatic N) is 3. The number of nitro groups is 1. The second kappa shape index (κ2) is 10.5. The highest BCUT2D eigenvalue weighted by Gasteiger charge is 2.28. The predicted molar refractivity (Wildman–Crippen MR) is 120 cm³/mol. The van der Waals surface area contributed by atoms with Crippen LogP contribution in [0.15, 0.2) is 53.5 Å². The van der Waals surface area contributed by atoms with Crippen molar-refractivity contribution in [2.24, 2.45) is 4.99 Å². The Morgan fingerprint density at radius 2 is 2.03 bits per heavy atom. The van der Waals surface area contributed by atoms with E-state index in [-0.39, 0.29) is 47.7 Å². The maximum absolute atomic E-state index is 13.2. The molecule has 2 unspecified atom stereocenters. The van der Waals surface area contributed by atoms with E-state index in [2.05, 4.69) is 15.2 Å². The monoisotopic (exact) mass is 514 g/mol. The molecule has 29 heavy (non-hydrogen) atoms. The summed E-state index contributed by atoms with van der Waals surface area (Å²) in [4.78, 5) is 17.0. The van der Waals surface area contributed by atoms with Gasteiger partial charge < -0.3 is 15.0 Å². The number of morpholine rings is 1. The van der Waals surface area contributed by atoms with Crippen molar-refractivity contribution < 1.29 is 14.1 Å². The van der Waals surface area contributed by atoms with Crippen molar-refractivity contribution in [1.82, 2.24) is 10.2 Å². The van der Waals surface area contributed by atoms with Crippen molar-refractivity contribution in [3.05, 3.63) is 75.6 Å². The number of aliphatic imine (C=N–C) groups is 1. The summed E-state index contributed by atoms with van der Waals surface area (Å²) in [7, 11) is 1.70. The van der Waals surface area contributed by atoms with Gasteiger partial charge in [-0.25, -0.2) is 4.39 Å². The number of nitro benzene ring substituents is 1. The topological polar surface area (TPSA) is 80.0 Å². The normalized spacial score (nSPS) is 19.4. The minimum Gasteiger partial charge on any atom is -0.367 e. The van der Waals surface area contributed by atoms with Crippen molar-refractivity contribution in [2.45, 2.75) is 25.7 Å². The molecule has 2 atom stereocenters. The summed E-state index contributed by atoms with van der Waals surface area (Å²) in [6.07, 6.45) is -0.221. The maximum atomic E-state index is 13.2. The van der Waals surface area contributed by atoms with Crippen LogP contribution in [0, 0.1) is 15.9 Å². The zero-order valence-corrected chi connectivity index (χ0v) is 18.6. The number of nitrogens with one attached hydrogen (secondary N) is 1. The Morgan fingerprint density at radius 3 is 2.69 bits per heavy atom. The van der Waals surface area contributed by atoms with Crippen LogP contribution in [0.4, 0.5) is 10.1 Å². The second-order valence-electron chi connectivity index (χ2n) is 6.72. The van der Waals surface area contributed by atoms with Gasteiger partial charge in [-0.15, -0.1) is 24.0 Å². The van der Waals surface area contributed by atoms with Crippen LogP contribution in [0.2, 0.25) is 0 Å². The summed E-state index contributed by atoms with van der Waals surface area (Å²) in [6, 6.07) is 12.8. The third-order valence-corrected chi connectivity index (χ3v) is 4.59. The molecule has 2 aromatic carbocycles. The molecule has 0 aromatic heterocycles. The summed E-state index contributed by atoms with van der Waals surface area (Å²) < 4.78 is 19.2. The smallest absolute Gasteiger partial charge is 0.269 e. The van der Waals surface area contributed by atoms with Crippen LogP contribution in [0.3, 0.4) is 0 Å². The number of hydrogen-bond donors (Lipinski definition) is 1. The van der Waals surface area contributed by atoms with E-state index in [0.717, 1.165) is 11.1 Å². The Labute approximate surface area is 186 Å². The van der Waals surface area contributed by atoms with Crippen LogP contribution in [-0.2, 0) is 11.3 Å². The Kier molecular flexibility index (Phi) is 8.32. The van der Waals surface area contributed by atoms with E-state index in [1.165, 1.54) is 18.2 Å². The van der Waals surface area contributed by atoms with Gasteiger partial charge in [-0.1, -0.05) is 24.3 Å².